The second kappa shape index (κ2) is 5.23. The molecule has 0 bridgehead atoms. The largest absolute Gasteiger partial charge is 0.428 e. The highest BCUT2D eigenvalue weighted by Gasteiger charge is 2.41. The first-order valence-corrected chi connectivity index (χ1v) is 11.6. The van der Waals surface area contributed by atoms with E-state index in [-0.39, 0.29) is 0 Å². The van der Waals surface area contributed by atoms with Crippen molar-refractivity contribution < 1.29 is 16.0 Å². The molecule has 0 aromatic rings. The zero-order valence-corrected chi connectivity index (χ0v) is 13.3. The summed E-state index contributed by atoms with van der Waals surface area (Å²) in [6, 6.07) is 0. The van der Waals surface area contributed by atoms with Gasteiger partial charge in [0, 0.05) is 0 Å². The van der Waals surface area contributed by atoms with Crippen LogP contribution in [0.15, 0.2) is 0 Å². The summed E-state index contributed by atoms with van der Waals surface area (Å²) in [4.78, 5) is 0. The van der Waals surface area contributed by atoms with E-state index in [0.717, 1.165) is 12.3 Å². The van der Waals surface area contributed by atoms with Gasteiger partial charge in [0.2, 0.25) is 0 Å². The minimum Gasteiger partial charge on any atom is -0.419 e. The van der Waals surface area contributed by atoms with Crippen LogP contribution in [0, 0.1) is 0 Å². The zero-order chi connectivity index (χ0) is 10.8. The molecule has 5 nitrogen and oxygen atoms in total. The van der Waals surface area contributed by atoms with Crippen LogP contribution in [0.1, 0.15) is 0 Å². The van der Waals surface area contributed by atoms with E-state index < -0.39 is 27.3 Å². The second-order valence-corrected chi connectivity index (χ2v) is 12.0. The Morgan fingerprint density at radius 2 is 1.86 bits per heavy atom. The molecule has 0 aliphatic carbocycles. The van der Waals surface area contributed by atoms with E-state index >= 15 is 0 Å². The first-order chi connectivity index (χ1) is 6.44. The molecule has 3 unspecified atom stereocenters. The van der Waals surface area contributed by atoms with E-state index in [1.807, 2.05) is 38.3 Å². The molecule has 3 atom stereocenters. The summed E-state index contributed by atoms with van der Waals surface area (Å²) in [5, 5.41) is 0. The van der Waals surface area contributed by atoms with Gasteiger partial charge in [-0.3, -0.25) is 8.44 Å². The third kappa shape index (κ3) is 3.43. The van der Waals surface area contributed by atoms with Crippen molar-refractivity contribution in [1.29, 1.82) is 0 Å². The molecule has 0 spiro atoms. The molecule has 1 aliphatic rings. The Morgan fingerprint density at radius 3 is 2.43 bits per heavy atom. The number of hydrogen-bond donors (Lipinski definition) is 0. The summed E-state index contributed by atoms with van der Waals surface area (Å²) in [6.45, 7) is 5.98. The summed E-state index contributed by atoms with van der Waals surface area (Å²) in [5.74, 6) is 0. The molecule has 1 rings (SSSR count). The molecular formula is C5H17NO4SSi3. The Kier molecular flexibility index (Phi) is 4.80. The Morgan fingerprint density at radius 1 is 1.21 bits per heavy atom. The third-order valence-corrected chi connectivity index (χ3v) is 12.6. The Labute approximate surface area is 94.1 Å². The minimum atomic E-state index is -2.26. The second-order valence-electron chi connectivity index (χ2n) is 3.43. The average Bonchev–Trinajstić information content (AvgIpc) is 2.00. The summed E-state index contributed by atoms with van der Waals surface area (Å²) in [5.41, 5.74) is 0. The van der Waals surface area contributed by atoms with Crippen molar-refractivity contribution in [2.24, 2.45) is 0 Å². The summed E-state index contributed by atoms with van der Waals surface area (Å²) >= 11 is 1.03. The maximum absolute atomic E-state index is 5.90. The standard InChI is InChI=1S/C5H17NO4SSi3/c1-6(2)14(5)8-11-7-12(3)9-13(4)10-14/h12-13H,1-5H3. The number of rotatable bonds is 1. The maximum Gasteiger partial charge on any atom is 0.428 e. The predicted molar refractivity (Wildman–Crippen MR) is 63.3 cm³/mol. The molecule has 0 N–H and O–H groups in total. The first-order valence-electron chi connectivity index (χ1n) is 4.46. The van der Waals surface area contributed by atoms with Gasteiger partial charge < -0.3 is 12.1 Å². The third-order valence-electron chi connectivity index (χ3n) is 1.94. The van der Waals surface area contributed by atoms with Crippen molar-refractivity contribution in [3.63, 3.8) is 0 Å². The summed E-state index contributed by atoms with van der Waals surface area (Å²) in [6.07, 6.45) is 0. The first kappa shape index (κ1) is 12.9. The van der Waals surface area contributed by atoms with Gasteiger partial charge in [0.15, 0.2) is 0 Å². The molecule has 1 fully saturated rings. The van der Waals surface area contributed by atoms with Gasteiger partial charge in [-0.1, -0.05) is 0 Å². The van der Waals surface area contributed by atoms with Gasteiger partial charge in [0.05, 0.1) is 0 Å². The van der Waals surface area contributed by atoms with Gasteiger partial charge in [-0.2, -0.15) is 0 Å². The van der Waals surface area contributed by atoms with E-state index in [0.29, 0.717) is 0 Å². The highest BCUT2D eigenvalue weighted by atomic mass is 32.2. The van der Waals surface area contributed by atoms with Crippen molar-refractivity contribution in [3.05, 3.63) is 0 Å². The predicted octanol–water partition coefficient (Wildman–Crippen LogP) is 0.460. The lowest BCUT2D eigenvalue weighted by Crippen LogP contribution is -2.56. The molecule has 0 radical (unpaired) electrons. The van der Waals surface area contributed by atoms with Crippen molar-refractivity contribution in [2.45, 2.75) is 19.6 Å². The molecule has 14 heavy (non-hydrogen) atoms. The molecule has 1 heterocycles. The summed E-state index contributed by atoms with van der Waals surface area (Å²) < 4.78 is 24.5. The fourth-order valence-corrected chi connectivity index (χ4v) is 10.3. The van der Waals surface area contributed by atoms with Gasteiger partial charge in [0.25, 0.3) is 0 Å². The maximum atomic E-state index is 5.90. The quantitative estimate of drug-likeness (QED) is 0.510. The molecule has 1 saturated heterocycles. The molecule has 0 amide bonds. The van der Waals surface area contributed by atoms with Crippen LogP contribution in [0.4, 0.5) is 0 Å². The van der Waals surface area contributed by atoms with Crippen molar-refractivity contribution in [1.82, 2.24) is 4.57 Å². The smallest absolute Gasteiger partial charge is 0.419 e. The van der Waals surface area contributed by atoms with Gasteiger partial charge in [-0.15, -0.1) is 0 Å². The van der Waals surface area contributed by atoms with Crippen LogP contribution in [-0.4, -0.2) is 46.0 Å². The van der Waals surface area contributed by atoms with E-state index in [4.69, 9.17) is 16.0 Å². The molecule has 9 heteroatoms. The SMILES string of the molecule is CN(C)[Si]1(C)OSO[SiH](C)O[SiH](C)O1. The van der Waals surface area contributed by atoms with E-state index in [2.05, 4.69) is 0 Å². The van der Waals surface area contributed by atoms with Crippen molar-refractivity contribution in [3.8, 4) is 0 Å². The Balaban J connectivity index is 2.62. The molecule has 0 saturated carbocycles. The number of hydrogen-bond acceptors (Lipinski definition) is 6. The lowest BCUT2D eigenvalue weighted by molar-refractivity contribution is 0.270. The lowest BCUT2D eigenvalue weighted by Gasteiger charge is -2.35. The Bertz CT molecular complexity index is 200. The van der Waals surface area contributed by atoms with Crippen LogP contribution < -0.4 is 0 Å². The zero-order valence-electron chi connectivity index (χ0n) is 9.14. The molecule has 0 aromatic heterocycles. The summed E-state index contributed by atoms with van der Waals surface area (Å²) in [7, 11) is -1.48. The van der Waals surface area contributed by atoms with Crippen LogP contribution in [0.3, 0.4) is 0 Å². The highest BCUT2D eigenvalue weighted by molar-refractivity contribution is 7.91. The average molecular weight is 272 g/mol. The lowest BCUT2D eigenvalue weighted by atomic mass is 11.3. The molecule has 84 valence electrons. The van der Waals surface area contributed by atoms with Crippen LogP contribution in [0.25, 0.3) is 0 Å². The number of nitrogens with zero attached hydrogens (tertiary/aromatic N) is 1. The van der Waals surface area contributed by atoms with Crippen molar-refractivity contribution >= 4 is 39.6 Å². The van der Waals surface area contributed by atoms with E-state index in [9.17, 15) is 0 Å². The van der Waals surface area contributed by atoms with Gasteiger partial charge in [0.1, 0.15) is 12.3 Å². The fourth-order valence-electron chi connectivity index (χ4n) is 0.966. The van der Waals surface area contributed by atoms with Crippen LogP contribution in [-0.2, 0) is 16.0 Å². The molecule has 0 aromatic carbocycles. The van der Waals surface area contributed by atoms with Gasteiger partial charge in [-0.05, 0) is 33.7 Å². The Hall–Kier alpha value is 0.801. The normalized spacial score (nSPS) is 40.7. The minimum absolute atomic E-state index is 1.03. The van der Waals surface area contributed by atoms with E-state index in [1.165, 1.54) is 0 Å². The monoisotopic (exact) mass is 271 g/mol. The fraction of sp³-hybridized carbons (Fsp3) is 1.00. The molecular weight excluding hydrogens is 254 g/mol. The van der Waals surface area contributed by atoms with Crippen LogP contribution in [0.5, 0.6) is 0 Å². The molecule has 1 aliphatic heterocycles. The van der Waals surface area contributed by atoms with Gasteiger partial charge >= 0.3 is 27.3 Å². The van der Waals surface area contributed by atoms with Crippen LogP contribution in [0.2, 0.25) is 19.6 Å². The topological polar surface area (TPSA) is 40.2 Å². The highest BCUT2D eigenvalue weighted by Crippen LogP contribution is 2.23. The van der Waals surface area contributed by atoms with Gasteiger partial charge in [-0.25, -0.2) is 0 Å². The van der Waals surface area contributed by atoms with E-state index in [1.54, 1.807) is 0 Å². The van der Waals surface area contributed by atoms with Crippen molar-refractivity contribution in [2.75, 3.05) is 14.1 Å². The van der Waals surface area contributed by atoms with Crippen LogP contribution >= 0.6 is 12.3 Å².